The maximum absolute atomic E-state index is 8.77. The van der Waals surface area contributed by atoms with E-state index in [4.69, 9.17) is 9.84 Å². The fourth-order valence-corrected chi connectivity index (χ4v) is 1.38. The standard InChI is InChI=1S/C11H18N2O2/c1-3-13(7-4-8-14)11-6-5-10(15-2)9-12-11/h5-6,9,14H,3-4,7-8H2,1-2H3. The van der Waals surface area contributed by atoms with Crippen LogP contribution in [0.1, 0.15) is 13.3 Å². The van der Waals surface area contributed by atoms with Gasteiger partial charge in [-0.1, -0.05) is 0 Å². The smallest absolute Gasteiger partial charge is 0.137 e. The molecule has 4 nitrogen and oxygen atoms in total. The van der Waals surface area contributed by atoms with Gasteiger partial charge in [0.2, 0.25) is 0 Å². The summed E-state index contributed by atoms with van der Waals surface area (Å²) in [5.41, 5.74) is 0. The van der Waals surface area contributed by atoms with Crippen LogP contribution in [-0.2, 0) is 0 Å². The fraction of sp³-hybridized carbons (Fsp3) is 0.545. The van der Waals surface area contributed by atoms with Crippen molar-refractivity contribution in [3.05, 3.63) is 18.3 Å². The van der Waals surface area contributed by atoms with E-state index in [0.717, 1.165) is 31.1 Å². The second-order valence-corrected chi connectivity index (χ2v) is 3.21. The van der Waals surface area contributed by atoms with Crippen LogP contribution >= 0.6 is 0 Å². The Balaban J connectivity index is 2.65. The Morgan fingerprint density at radius 2 is 2.27 bits per heavy atom. The second-order valence-electron chi connectivity index (χ2n) is 3.21. The zero-order chi connectivity index (χ0) is 11.1. The molecule has 1 heterocycles. The molecular formula is C11H18N2O2. The number of methoxy groups -OCH3 is 1. The summed E-state index contributed by atoms with van der Waals surface area (Å²) >= 11 is 0. The molecule has 0 aromatic carbocycles. The van der Waals surface area contributed by atoms with Crippen molar-refractivity contribution in [3.63, 3.8) is 0 Å². The maximum atomic E-state index is 8.77. The molecule has 1 aromatic heterocycles. The lowest BCUT2D eigenvalue weighted by Gasteiger charge is -2.21. The summed E-state index contributed by atoms with van der Waals surface area (Å²) in [5.74, 6) is 1.68. The van der Waals surface area contributed by atoms with E-state index in [2.05, 4.69) is 16.8 Å². The molecule has 4 heteroatoms. The number of pyridine rings is 1. The van der Waals surface area contributed by atoms with Crippen molar-refractivity contribution >= 4 is 5.82 Å². The third-order valence-electron chi connectivity index (χ3n) is 2.25. The molecule has 15 heavy (non-hydrogen) atoms. The summed E-state index contributed by atoms with van der Waals surface area (Å²) in [7, 11) is 1.63. The number of aliphatic hydroxyl groups excluding tert-OH is 1. The molecule has 0 aliphatic carbocycles. The van der Waals surface area contributed by atoms with Gasteiger partial charge in [0.25, 0.3) is 0 Å². The predicted molar refractivity (Wildman–Crippen MR) is 60.4 cm³/mol. The zero-order valence-electron chi connectivity index (χ0n) is 9.31. The maximum Gasteiger partial charge on any atom is 0.137 e. The monoisotopic (exact) mass is 210 g/mol. The highest BCUT2D eigenvalue weighted by molar-refractivity contribution is 5.40. The van der Waals surface area contributed by atoms with Gasteiger partial charge in [-0.05, 0) is 25.5 Å². The SMILES string of the molecule is CCN(CCCO)c1ccc(OC)cn1. The number of aromatic nitrogens is 1. The summed E-state index contributed by atoms with van der Waals surface area (Å²) < 4.78 is 5.04. The molecule has 0 fully saturated rings. The molecule has 1 N–H and O–H groups in total. The first-order chi connectivity index (χ1) is 7.31. The lowest BCUT2D eigenvalue weighted by atomic mass is 10.3. The Morgan fingerprint density at radius 1 is 1.47 bits per heavy atom. The van der Waals surface area contributed by atoms with Crippen LogP contribution in [0.25, 0.3) is 0 Å². The molecule has 84 valence electrons. The number of hydrogen-bond donors (Lipinski definition) is 1. The van der Waals surface area contributed by atoms with E-state index in [1.807, 2.05) is 12.1 Å². The molecule has 0 amide bonds. The van der Waals surface area contributed by atoms with Gasteiger partial charge < -0.3 is 14.7 Å². The van der Waals surface area contributed by atoms with E-state index in [-0.39, 0.29) is 6.61 Å². The van der Waals surface area contributed by atoms with Crippen LogP contribution in [0.5, 0.6) is 5.75 Å². The molecule has 0 unspecified atom stereocenters. The second kappa shape index (κ2) is 6.24. The average Bonchev–Trinajstić information content (AvgIpc) is 2.31. The Hall–Kier alpha value is -1.29. The van der Waals surface area contributed by atoms with Crippen LogP contribution in [0, 0.1) is 0 Å². The number of aliphatic hydroxyl groups is 1. The van der Waals surface area contributed by atoms with E-state index in [1.54, 1.807) is 13.3 Å². The van der Waals surface area contributed by atoms with Crippen molar-refractivity contribution in [3.8, 4) is 5.75 Å². The van der Waals surface area contributed by atoms with Crippen molar-refractivity contribution in [2.75, 3.05) is 31.7 Å². The number of hydrogen-bond acceptors (Lipinski definition) is 4. The first kappa shape index (κ1) is 11.8. The van der Waals surface area contributed by atoms with Crippen LogP contribution in [0.3, 0.4) is 0 Å². The molecule has 0 saturated carbocycles. The zero-order valence-corrected chi connectivity index (χ0v) is 9.31. The Labute approximate surface area is 90.5 Å². The van der Waals surface area contributed by atoms with Crippen LogP contribution in [0.15, 0.2) is 18.3 Å². The molecule has 0 bridgehead atoms. The Morgan fingerprint density at radius 3 is 2.73 bits per heavy atom. The van der Waals surface area contributed by atoms with Gasteiger partial charge in [0.1, 0.15) is 11.6 Å². The van der Waals surface area contributed by atoms with Gasteiger partial charge in [0.05, 0.1) is 13.3 Å². The minimum absolute atomic E-state index is 0.215. The molecule has 0 saturated heterocycles. The van der Waals surface area contributed by atoms with Gasteiger partial charge >= 0.3 is 0 Å². The van der Waals surface area contributed by atoms with Gasteiger partial charge in [-0.2, -0.15) is 0 Å². The first-order valence-electron chi connectivity index (χ1n) is 5.17. The molecule has 0 atom stereocenters. The van der Waals surface area contributed by atoms with E-state index < -0.39 is 0 Å². The minimum atomic E-state index is 0.215. The van der Waals surface area contributed by atoms with Crippen LogP contribution in [0.4, 0.5) is 5.82 Å². The van der Waals surface area contributed by atoms with Gasteiger partial charge in [-0.25, -0.2) is 4.98 Å². The van der Waals surface area contributed by atoms with E-state index >= 15 is 0 Å². The van der Waals surface area contributed by atoms with Crippen molar-refractivity contribution < 1.29 is 9.84 Å². The molecular weight excluding hydrogens is 192 g/mol. The van der Waals surface area contributed by atoms with Gasteiger partial charge in [-0.3, -0.25) is 0 Å². The van der Waals surface area contributed by atoms with Crippen molar-refractivity contribution in [1.29, 1.82) is 0 Å². The Kier molecular flexibility index (Phi) is 4.90. The third-order valence-corrected chi connectivity index (χ3v) is 2.25. The summed E-state index contributed by atoms with van der Waals surface area (Å²) in [6, 6.07) is 3.82. The summed E-state index contributed by atoms with van der Waals surface area (Å²) in [6.07, 6.45) is 2.47. The molecule has 1 rings (SSSR count). The normalized spacial score (nSPS) is 10.1. The first-order valence-corrected chi connectivity index (χ1v) is 5.17. The summed E-state index contributed by atoms with van der Waals surface area (Å²) in [5, 5.41) is 8.77. The molecule has 0 aliphatic rings. The van der Waals surface area contributed by atoms with E-state index in [1.165, 1.54) is 0 Å². The number of nitrogens with zero attached hydrogens (tertiary/aromatic N) is 2. The van der Waals surface area contributed by atoms with Gasteiger partial charge in [-0.15, -0.1) is 0 Å². The third kappa shape index (κ3) is 3.40. The molecule has 1 aromatic rings. The van der Waals surface area contributed by atoms with E-state index in [9.17, 15) is 0 Å². The fourth-order valence-electron chi connectivity index (χ4n) is 1.38. The number of rotatable bonds is 6. The summed E-state index contributed by atoms with van der Waals surface area (Å²) in [4.78, 5) is 6.41. The van der Waals surface area contributed by atoms with Crippen LogP contribution < -0.4 is 9.64 Å². The van der Waals surface area contributed by atoms with Crippen LogP contribution in [0.2, 0.25) is 0 Å². The molecule has 0 radical (unpaired) electrons. The summed E-state index contributed by atoms with van der Waals surface area (Å²) in [6.45, 7) is 4.00. The quantitative estimate of drug-likeness (QED) is 0.768. The highest BCUT2D eigenvalue weighted by atomic mass is 16.5. The van der Waals surface area contributed by atoms with E-state index in [0.29, 0.717) is 0 Å². The van der Waals surface area contributed by atoms with Crippen molar-refractivity contribution in [2.24, 2.45) is 0 Å². The topological polar surface area (TPSA) is 45.6 Å². The predicted octanol–water partition coefficient (Wildman–Crippen LogP) is 1.30. The van der Waals surface area contributed by atoms with Crippen molar-refractivity contribution in [2.45, 2.75) is 13.3 Å². The largest absolute Gasteiger partial charge is 0.495 e. The lowest BCUT2D eigenvalue weighted by molar-refractivity contribution is 0.289. The Bertz CT molecular complexity index is 274. The van der Waals surface area contributed by atoms with Gasteiger partial charge in [0.15, 0.2) is 0 Å². The minimum Gasteiger partial charge on any atom is -0.495 e. The lowest BCUT2D eigenvalue weighted by Crippen LogP contribution is -2.25. The average molecular weight is 210 g/mol. The molecule has 0 spiro atoms. The number of ether oxygens (including phenoxy) is 1. The number of anilines is 1. The van der Waals surface area contributed by atoms with Crippen LogP contribution in [-0.4, -0.2) is 36.9 Å². The molecule has 0 aliphatic heterocycles. The van der Waals surface area contributed by atoms with Crippen molar-refractivity contribution in [1.82, 2.24) is 4.98 Å². The van der Waals surface area contributed by atoms with Gasteiger partial charge in [0, 0.05) is 19.7 Å². The highest BCUT2D eigenvalue weighted by Gasteiger charge is 2.04. The highest BCUT2D eigenvalue weighted by Crippen LogP contribution is 2.15.